The van der Waals surface area contributed by atoms with E-state index in [1.807, 2.05) is 6.92 Å². The number of rotatable bonds is 6. The van der Waals surface area contributed by atoms with Crippen LogP contribution in [0.15, 0.2) is 86.0 Å². The number of benzene rings is 3. The van der Waals surface area contributed by atoms with Crippen LogP contribution in [-0.4, -0.2) is 24.4 Å². The number of non-ortho nitro benzene ring substituents is 1. The van der Waals surface area contributed by atoms with E-state index < -0.39 is 20.9 Å². The van der Waals surface area contributed by atoms with E-state index in [2.05, 4.69) is 26.2 Å². The van der Waals surface area contributed by atoms with Crippen LogP contribution in [0.1, 0.15) is 11.1 Å². The Hall–Kier alpha value is -3.48. The molecule has 1 aliphatic heterocycles. The molecule has 4 rings (SSSR count). The highest BCUT2D eigenvalue weighted by Crippen LogP contribution is 2.34. The number of nitro benzene ring substituents is 1. The fraction of sp³-hybridized carbons (Fsp3) is 0.0435. The van der Waals surface area contributed by atoms with E-state index >= 15 is 0 Å². The number of aliphatic imine (C=N–C) groups is 1. The van der Waals surface area contributed by atoms with E-state index in [0.717, 1.165) is 17.3 Å². The maximum atomic E-state index is 12.7. The number of amides is 1. The van der Waals surface area contributed by atoms with Gasteiger partial charge < -0.3 is 9.50 Å². The molecular weight excluding hydrogens is 558 g/mol. The fourth-order valence-electron chi connectivity index (χ4n) is 2.98. The van der Waals surface area contributed by atoms with Crippen LogP contribution in [0.2, 0.25) is 0 Å². The van der Waals surface area contributed by atoms with Gasteiger partial charge in [-0.1, -0.05) is 35.9 Å². The van der Waals surface area contributed by atoms with Gasteiger partial charge in [0.25, 0.3) is 11.6 Å². The molecule has 3 aromatic carbocycles. The molecule has 1 aliphatic rings. The van der Waals surface area contributed by atoms with Crippen LogP contribution in [0.4, 0.5) is 11.4 Å². The van der Waals surface area contributed by atoms with Gasteiger partial charge in [0.05, 0.1) is 20.0 Å². The lowest BCUT2D eigenvalue weighted by Gasteiger charge is -2.10. The summed E-state index contributed by atoms with van der Waals surface area (Å²) in [5.41, 5.74) is 1.60. The number of nitrogens with one attached hydrogen (secondary N) is 1. The van der Waals surface area contributed by atoms with Crippen molar-refractivity contribution in [1.82, 2.24) is 5.32 Å². The van der Waals surface area contributed by atoms with E-state index in [-0.39, 0.29) is 26.4 Å². The number of hydrogen-bond donors (Lipinski definition) is 1. The second-order valence-electron chi connectivity index (χ2n) is 7.26. The molecule has 0 radical (unpaired) electrons. The summed E-state index contributed by atoms with van der Waals surface area (Å²) in [6.45, 7) is 1.85. The second-order valence-corrected chi connectivity index (χ2v) is 10.7. The maximum absolute atomic E-state index is 12.7. The Bertz CT molecular complexity index is 1500. The van der Waals surface area contributed by atoms with Gasteiger partial charge in [0.15, 0.2) is 5.17 Å². The molecule has 178 valence electrons. The fourth-order valence-corrected chi connectivity index (χ4v) is 5.21. The Morgan fingerprint density at radius 1 is 1.11 bits per heavy atom. The standard InChI is InChI=1S/C23H16BrN3O6S2/c1-14-6-9-17(10-7-14)35(31,32)33-20-5-3-2-4-15(20)12-21-22(28)26-23(34-21)25-19-11-8-16(27(29)30)13-18(19)24/h2-13H,1H3,(H,25,26,28)/b21-12+. The lowest BCUT2D eigenvalue weighted by atomic mass is 10.2. The molecule has 3 aromatic rings. The zero-order valence-electron chi connectivity index (χ0n) is 18.0. The van der Waals surface area contributed by atoms with E-state index in [0.29, 0.717) is 15.7 Å². The number of hydrogen-bond acceptors (Lipinski definition) is 8. The quantitative estimate of drug-likeness (QED) is 0.183. The van der Waals surface area contributed by atoms with Gasteiger partial charge in [-0.15, -0.1) is 0 Å². The highest BCUT2D eigenvalue weighted by atomic mass is 79.9. The number of nitrogens with zero attached hydrogens (tertiary/aromatic N) is 2. The first-order valence-electron chi connectivity index (χ1n) is 9.96. The van der Waals surface area contributed by atoms with Crippen molar-refractivity contribution in [2.45, 2.75) is 11.8 Å². The topological polar surface area (TPSA) is 128 Å². The highest BCUT2D eigenvalue weighted by Gasteiger charge is 2.25. The molecule has 1 saturated heterocycles. The highest BCUT2D eigenvalue weighted by molar-refractivity contribution is 9.10. The third-order valence-electron chi connectivity index (χ3n) is 4.73. The van der Waals surface area contributed by atoms with Crippen LogP contribution in [0, 0.1) is 17.0 Å². The van der Waals surface area contributed by atoms with Crippen molar-refractivity contribution in [3.63, 3.8) is 0 Å². The molecule has 1 amide bonds. The van der Waals surface area contributed by atoms with Crippen molar-refractivity contribution in [3.05, 3.63) is 97.3 Å². The van der Waals surface area contributed by atoms with Crippen molar-refractivity contribution >= 4 is 66.3 Å². The third kappa shape index (κ3) is 5.78. The number of halogens is 1. The molecular formula is C23H16BrN3O6S2. The summed E-state index contributed by atoms with van der Waals surface area (Å²) in [4.78, 5) is 27.5. The predicted molar refractivity (Wildman–Crippen MR) is 137 cm³/mol. The predicted octanol–water partition coefficient (Wildman–Crippen LogP) is 5.33. The molecule has 0 unspecified atom stereocenters. The molecule has 1 N–H and O–H groups in total. The van der Waals surface area contributed by atoms with Crippen LogP contribution in [-0.2, 0) is 14.9 Å². The van der Waals surface area contributed by atoms with Crippen LogP contribution >= 0.6 is 27.7 Å². The molecule has 0 bridgehead atoms. The minimum Gasteiger partial charge on any atom is -0.378 e. The van der Waals surface area contributed by atoms with Gasteiger partial charge in [-0.25, -0.2) is 4.99 Å². The molecule has 0 saturated carbocycles. The summed E-state index contributed by atoms with van der Waals surface area (Å²) in [7, 11) is -4.08. The number of nitro groups is 1. The summed E-state index contributed by atoms with van der Waals surface area (Å²) < 4.78 is 31.2. The molecule has 9 nitrogen and oxygen atoms in total. The SMILES string of the molecule is Cc1ccc(S(=O)(=O)Oc2ccccc2/C=C2/SC(=Nc3ccc([N+](=O)[O-])cc3Br)NC2=O)cc1. The Balaban J connectivity index is 1.59. The van der Waals surface area contributed by atoms with E-state index in [1.165, 1.54) is 42.5 Å². The molecule has 12 heteroatoms. The van der Waals surface area contributed by atoms with Gasteiger partial charge in [-0.3, -0.25) is 14.9 Å². The zero-order valence-corrected chi connectivity index (χ0v) is 21.2. The second kappa shape index (κ2) is 10.0. The van der Waals surface area contributed by atoms with Gasteiger partial charge in [0.2, 0.25) is 0 Å². The minimum absolute atomic E-state index is 0.0154. The van der Waals surface area contributed by atoms with E-state index in [9.17, 15) is 23.3 Å². The van der Waals surface area contributed by atoms with Crippen LogP contribution in [0.25, 0.3) is 6.08 Å². The zero-order chi connectivity index (χ0) is 25.2. The van der Waals surface area contributed by atoms with Gasteiger partial charge >= 0.3 is 10.1 Å². The lowest BCUT2D eigenvalue weighted by Crippen LogP contribution is -2.19. The normalized spacial score (nSPS) is 15.9. The lowest BCUT2D eigenvalue weighted by molar-refractivity contribution is -0.384. The molecule has 1 heterocycles. The van der Waals surface area contributed by atoms with E-state index in [1.54, 1.807) is 30.3 Å². The van der Waals surface area contributed by atoms with Gasteiger partial charge in [0, 0.05) is 17.7 Å². The molecule has 0 aliphatic carbocycles. The Morgan fingerprint density at radius 2 is 1.83 bits per heavy atom. The van der Waals surface area contributed by atoms with Crippen molar-refractivity contribution in [2.24, 2.45) is 4.99 Å². The van der Waals surface area contributed by atoms with Gasteiger partial charge in [-0.2, -0.15) is 8.42 Å². The Labute approximate surface area is 213 Å². The monoisotopic (exact) mass is 573 g/mol. The average molecular weight is 574 g/mol. The van der Waals surface area contributed by atoms with Crippen LogP contribution in [0.3, 0.4) is 0 Å². The number of thioether (sulfide) groups is 1. The molecule has 0 aromatic heterocycles. The molecule has 0 spiro atoms. The maximum Gasteiger partial charge on any atom is 0.339 e. The summed E-state index contributed by atoms with van der Waals surface area (Å²) >= 11 is 4.29. The summed E-state index contributed by atoms with van der Waals surface area (Å²) in [5, 5.41) is 13.8. The largest absolute Gasteiger partial charge is 0.378 e. The molecule has 35 heavy (non-hydrogen) atoms. The average Bonchev–Trinajstić information content (AvgIpc) is 3.15. The number of para-hydroxylation sites is 1. The third-order valence-corrected chi connectivity index (χ3v) is 7.52. The minimum atomic E-state index is -4.08. The van der Waals surface area contributed by atoms with E-state index in [4.69, 9.17) is 4.18 Å². The molecule has 0 atom stereocenters. The van der Waals surface area contributed by atoms with Crippen LogP contribution in [0.5, 0.6) is 5.75 Å². The van der Waals surface area contributed by atoms with Crippen molar-refractivity contribution < 1.29 is 22.3 Å². The first-order valence-corrected chi connectivity index (χ1v) is 13.0. The first kappa shape index (κ1) is 24.6. The van der Waals surface area contributed by atoms with Gasteiger partial charge in [0.1, 0.15) is 10.6 Å². The Morgan fingerprint density at radius 3 is 2.51 bits per heavy atom. The van der Waals surface area contributed by atoms with Gasteiger partial charge in [-0.05, 0) is 65.0 Å². The van der Waals surface area contributed by atoms with Crippen molar-refractivity contribution in [1.29, 1.82) is 0 Å². The van der Waals surface area contributed by atoms with Crippen LogP contribution < -0.4 is 9.50 Å². The van der Waals surface area contributed by atoms with Crippen molar-refractivity contribution in [2.75, 3.05) is 0 Å². The summed E-state index contributed by atoms with van der Waals surface area (Å²) in [6, 6.07) is 16.8. The summed E-state index contributed by atoms with van der Waals surface area (Å²) in [6.07, 6.45) is 1.51. The number of aryl methyl sites for hydroxylation is 1. The number of carbonyl (C=O) groups excluding carboxylic acids is 1. The Kier molecular flexibility index (Phi) is 7.05. The smallest absolute Gasteiger partial charge is 0.339 e. The number of amidine groups is 1. The molecule has 1 fully saturated rings. The first-order chi connectivity index (χ1) is 16.6. The number of carbonyl (C=O) groups is 1. The summed E-state index contributed by atoms with van der Waals surface area (Å²) in [5.74, 6) is -0.361. The van der Waals surface area contributed by atoms with Crippen molar-refractivity contribution in [3.8, 4) is 5.75 Å².